The fourth-order valence-corrected chi connectivity index (χ4v) is 4.65. The van der Waals surface area contributed by atoms with Crippen molar-refractivity contribution in [2.75, 3.05) is 5.32 Å². The number of anilines is 1. The maximum absolute atomic E-state index is 12.9. The summed E-state index contributed by atoms with van der Waals surface area (Å²) in [6.07, 6.45) is 11.0. The van der Waals surface area contributed by atoms with Gasteiger partial charge in [-0.05, 0) is 50.7 Å². The van der Waals surface area contributed by atoms with Gasteiger partial charge in [-0.2, -0.15) is 0 Å². The summed E-state index contributed by atoms with van der Waals surface area (Å²) in [7, 11) is 0. The summed E-state index contributed by atoms with van der Waals surface area (Å²) in [5.41, 5.74) is 3.31. The fourth-order valence-electron chi connectivity index (χ4n) is 4.65. The predicted molar refractivity (Wildman–Crippen MR) is 101 cm³/mol. The van der Waals surface area contributed by atoms with Crippen LogP contribution < -0.4 is 5.32 Å². The predicted octanol–water partition coefficient (Wildman–Crippen LogP) is 3.11. The summed E-state index contributed by atoms with van der Waals surface area (Å²) < 4.78 is 0. The molecular weight excluding hydrogens is 338 g/mol. The molecular formula is C21H23N5O. The van der Waals surface area contributed by atoms with Crippen molar-refractivity contribution in [1.29, 1.82) is 0 Å². The minimum absolute atomic E-state index is 0.152. The van der Waals surface area contributed by atoms with Gasteiger partial charge in [-0.3, -0.25) is 9.78 Å². The smallest absolute Gasteiger partial charge is 0.226 e. The molecule has 2 saturated carbocycles. The second-order valence-electron chi connectivity index (χ2n) is 8.38. The first-order valence-electron chi connectivity index (χ1n) is 10.2. The molecule has 6 rings (SSSR count). The molecule has 6 nitrogen and oxygen atoms in total. The minimum atomic E-state index is 0.152. The Morgan fingerprint density at radius 3 is 2.59 bits per heavy atom. The van der Waals surface area contributed by atoms with E-state index in [2.05, 4.69) is 15.2 Å². The van der Waals surface area contributed by atoms with E-state index in [0.29, 0.717) is 18.0 Å². The molecule has 1 amide bonds. The molecule has 2 atom stereocenters. The first-order valence-corrected chi connectivity index (χ1v) is 10.2. The second kappa shape index (κ2) is 5.75. The maximum Gasteiger partial charge on any atom is 0.226 e. The van der Waals surface area contributed by atoms with Gasteiger partial charge in [-0.15, -0.1) is 0 Å². The zero-order chi connectivity index (χ0) is 18.0. The molecule has 6 heteroatoms. The van der Waals surface area contributed by atoms with Gasteiger partial charge >= 0.3 is 0 Å². The zero-order valence-electron chi connectivity index (χ0n) is 15.3. The lowest BCUT2D eigenvalue weighted by molar-refractivity contribution is -0.136. The average molecular weight is 361 g/mol. The van der Waals surface area contributed by atoms with E-state index in [1.807, 2.05) is 12.1 Å². The third-order valence-corrected chi connectivity index (χ3v) is 6.33. The number of rotatable bonds is 4. The lowest BCUT2D eigenvalue weighted by atomic mass is 9.96. The molecule has 2 aromatic heterocycles. The molecule has 4 heterocycles. The number of carbonyl (C=O) groups excluding carboxylic acids is 1. The van der Waals surface area contributed by atoms with Crippen molar-refractivity contribution < 1.29 is 4.79 Å². The molecule has 2 aliphatic carbocycles. The Morgan fingerprint density at radius 1 is 1.04 bits per heavy atom. The topological polar surface area (TPSA) is 71.0 Å². The Bertz CT molecular complexity index is 906. The Balaban J connectivity index is 1.45. The lowest BCUT2D eigenvalue weighted by Gasteiger charge is -2.37. The first-order chi connectivity index (χ1) is 13.3. The van der Waals surface area contributed by atoms with Crippen LogP contribution in [0.4, 0.5) is 5.82 Å². The number of amides is 1. The van der Waals surface area contributed by atoms with Crippen molar-refractivity contribution in [2.45, 2.75) is 63.1 Å². The van der Waals surface area contributed by atoms with Crippen molar-refractivity contribution in [2.24, 2.45) is 5.92 Å². The van der Waals surface area contributed by atoms with Gasteiger partial charge in [0.2, 0.25) is 5.91 Å². The van der Waals surface area contributed by atoms with Gasteiger partial charge < -0.3 is 10.2 Å². The molecule has 3 fully saturated rings. The highest BCUT2D eigenvalue weighted by Crippen LogP contribution is 2.49. The van der Waals surface area contributed by atoms with Crippen molar-refractivity contribution >= 4 is 11.7 Å². The number of nitrogens with zero attached hydrogens (tertiary/aromatic N) is 4. The minimum Gasteiger partial charge on any atom is -0.367 e. The van der Waals surface area contributed by atoms with E-state index in [9.17, 15) is 4.79 Å². The fraction of sp³-hybridized carbons (Fsp3) is 0.524. The van der Waals surface area contributed by atoms with Crippen LogP contribution in [-0.2, 0) is 11.2 Å². The number of aromatic nitrogens is 3. The second-order valence-corrected chi connectivity index (χ2v) is 8.38. The standard InChI is InChI=1S/C21H23N5O/c27-21(13-1-2-13)26-15-5-6-17(26)18-16(11-15)24-19(12-7-9-22-10-8-12)25-20(18)23-14-3-4-14/h7-10,13-15,17H,1-6,11H2,(H,23,24,25)/t15-,17+/m1/s1. The van der Waals surface area contributed by atoms with Crippen molar-refractivity contribution in [1.82, 2.24) is 19.9 Å². The Kier molecular flexibility index (Phi) is 3.31. The van der Waals surface area contributed by atoms with Gasteiger partial charge in [-0.25, -0.2) is 9.97 Å². The van der Waals surface area contributed by atoms with Gasteiger partial charge in [0.1, 0.15) is 5.82 Å². The molecule has 2 bridgehead atoms. The van der Waals surface area contributed by atoms with E-state index in [-0.39, 0.29) is 12.0 Å². The highest BCUT2D eigenvalue weighted by Gasteiger charge is 2.48. The van der Waals surface area contributed by atoms with Gasteiger partial charge in [0.15, 0.2) is 5.82 Å². The van der Waals surface area contributed by atoms with E-state index < -0.39 is 0 Å². The summed E-state index contributed by atoms with van der Waals surface area (Å²) in [4.78, 5) is 29.1. The molecule has 0 spiro atoms. The Hall–Kier alpha value is -2.50. The van der Waals surface area contributed by atoms with Crippen molar-refractivity contribution in [3.63, 3.8) is 0 Å². The summed E-state index contributed by atoms with van der Waals surface area (Å²) >= 11 is 0. The number of carbonyl (C=O) groups is 1. The zero-order valence-corrected chi connectivity index (χ0v) is 15.3. The number of fused-ring (bicyclic) bond motifs is 4. The first kappa shape index (κ1) is 15.5. The van der Waals surface area contributed by atoms with Crippen LogP contribution in [0.3, 0.4) is 0 Å². The van der Waals surface area contributed by atoms with Crippen LogP contribution in [0.1, 0.15) is 55.8 Å². The lowest BCUT2D eigenvalue weighted by Crippen LogP contribution is -2.43. The largest absolute Gasteiger partial charge is 0.367 e. The highest BCUT2D eigenvalue weighted by atomic mass is 16.2. The number of nitrogens with one attached hydrogen (secondary N) is 1. The van der Waals surface area contributed by atoms with E-state index in [4.69, 9.17) is 9.97 Å². The van der Waals surface area contributed by atoms with Crippen LogP contribution in [-0.4, -0.2) is 37.8 Å². The number of hydrogen-bond acceptors (Lipinski definition) is 5. The maximum atomic E-state index is 12.9. The van der Waals surface area contributed by atoms with E-state index in [1.54, 1.807) is 12.4 Å². The van der Waals surface area contributed by atoms with Crippen LogP contribution >= 0.6 is 0 Å². The highest BCUT2D eigenvalue weighted by molar-refractivity contribution is 5.83. The SMILES string of the molecule is O=C(C1CC1)N1[C@@H]2CC[C@H]1c1c(nc(-c3ccncc3)nc1NC1CC1)C2. The monoisotopic (exact) mass is 361 g/mol. The molecule has 27 heavy (non-hydrogen) atoms. The van der Waals surface area contributed by atoms with Crippen molar-refractivity contribution in [3.05, 3.63) is 35.8 Å². The van der Waals surface area contributed by atoms with Gasteiger partial charge in [0, 0.05) is 47.9 Å². The van der Waals surface area contributed by atoms with E-state index in [0.717, 1.165) is 55.0 Å². The summed E-state index contributed by atoms with van der Waals surface area (Å²) in [5.74, 6) is 2.35. The normalized spacial score (nSPS) is 26.0. The van der Waals surface area contributed by atoms with Gasteiger partial charge in [-0.1, -0.05) is 0 Å². The Labute approximate surface area is 158 Å². The van der Waals surface area contributed by atoms with Crippen LogP contribution in [0, 0.1) is 5.92 Å². The molecule has 1 saturated heterocycles. The van der Waals surface area contributed by atoms with Gasteiger partial charge in [0.25, 0.3) is 0 Å². The molecule has 0 unspecified atom stereocenters. The molecule has 138 valence electrons. The Morgan fingerprint density at radius 2 is 1.85 bits per heavy atom. The summed E-state index contributed by atoms with van der Waals surface area (Å²) in [6.45, 7) is 0. The molecule has 0 radical (unpaired) electrons. The number of pyridine rings is 1. The summed E-state index contributed by atoms with van der Waals surface area (Å²) in [5, 5.41) is 3.64. The molecule has 2 aromatic rings. The third-order valence-electron chi connectivity index (χ3n) is 6.33. The van der Waals surface area contributed by atoms with E-state index >= 15 is 0 Å². The van der Waals surface area contributed by atoms with E-state index in [1.165, 1.54) is 18.4 Å². The average Bonchev–Trinajstić information content (AvgIpc) is 3.60. The van der Waals surface area contributed by atoms with Crippen LogP contribution in [0.2, 0.25) is 0 Å². The number of hydrogen-bond donors (Lipinski definition) is 1. The summed E-state index contributed by atoms with van der Waals surface area (Å²) in [6, 6.07) is 4.90. The quantitative estimate of drug-likeness (QED) is 0.906. The van der Waals surface area contributed by atoms with Crippen LogP contribution in [0.15, 0.2) is 24.5 Å². The third kappa shape index (κ3) is 2.61. The molecule has 4 aliphatic rings. The molecule has 1 N–H and O–H groups in total. The van der Waals surface area contributed by atoms with Crippen molar-refractivity contribution in [3.8, 4) is 11.4 Å². The molecule has 0 aromatic carbocycles. The van der Waals surface area contributed by atoms with Crippen LogP contribution in [0.5, 0.6) is 0 Å². The van der Waals surface area contributed by atoms with Gasteiger partial charge in [0.05, 0.1) is 11.7 Å². The molecule has 2 aliphatic heterocycles. The van der Waals surface area contributed by atoms with Crippen LogP contribution in [0.25, 0.3) is 11.4 Å².